The smallest absolute Gasteiger partial charge is 0.174 e. The zero-order valence-electron chi connectivity index (χ0n) is 22.8. The van der Waals surface area contributed by atoms with Crippen molar-refractivity contribution < 1.29 is 4.74 Å². The molecule has 0 unspecified atom stereocenters. The van der Waals surface area contributed by atoms with E-state index in [0.717, 1.165) is 54.0 Å². The van der Waals surface area contributed by atoms with Gasteiger partial charge in [-0.2, -0.15) is 0 Å². The summed E-state index contributed by atoms with van der Waals surface area (Å²) in [5.74, 6) is 0. The summed E-state index contributed by atoms with van der Waals surface area (Å²) >= 11 is 13.1. The molecule has 4 heterocycles. The molecule has 0 amide bonds. The molecule has 0 spiro atoms. The van der Waals surface area contributed by atoms with Crippen molar-refractivity contribution in [3.63, 3.8) is 0 Å². The van der Waals surface area contributed by atoms with Crippen LogP contribution >= 0.6 is 23.8 Å². The molecule has 1 aromatic heterocycles. The number of allylic oxidation sites excluding steroid dienone is 1. The molecular weight excluding hydrogens is 526 g/mol. The lowest BCUT2D eigenvalue weighted by Crippen LogP contribution is -2.42. The minimum absolute atomic E-state index is 0.0941. The topological polar surface area (TPSA) is 43.9 Å². The first kappa shape index (κ1) is 26.1. The molecule has 3 aliphatic rings. The Morgan fingerprint density at radius 2 is 1.77 bits per heavy atom. The number of aromatic nitrogens is 1. The molecule has 8 heteroatoms. The molecule has 0 aliphatic carbocycles. The molecule has 6 rings (SSSR count). The van der Waals surface area contributed by atoms with E-state index in [1.54, 1.807) is 0 Å². The van der Waals surface area contributed by atoms with Gasteiger partial charge < -0.3 is 24.8 Å². The fourth-order valence-electron chi connectivity index (χ4n) is 6.01. The Morgan fingerprint density at radius 1 is 1.05 bits per heavy atom. The first-order valence-corrected chi connectivity index (χ1v) is 14.2. The number of morpholine rings is 1. The number of benzene rings is 2. The van der Waals surface area contributed by atoms with Crippen LogP contribution in [0, 0.1) is 0 Å². The van der Waals surface area contributed by atoms with Crippen LogP contribution in [-0.4, -0.2) is 49.0 Å². The number of likely N-dealkylation sites (N-methyl/N-ethyl adjacent to an activating group) is 1. The summed E-state index contributed by atoms with van der Waals surface area (Å²) in [7, 11) is 2.13. The van der Waals surface area contributed by atoms with Gasteiger partial charge in [-0.05, 0) is 92.7 Å². The largest absolute Gasteiger partial charge is 0.378 e. The number of ether oxygens (including phenoxy) is 1. The van der Waals surface area contributed by atoms with Crippen molar-refractivity contribution >= 4 is 51.6 Å². The van der Waals surface area contributed by atoms with Crippen molar-refractivity contribution in [1.82, 2.24) is 10.3 Å². The summed E-state index contributed by atoms with van der Waals surface area (Å²) in [6.45, 7) is 9.94. The summed E-state index contributed by atoms with van der Waals surface area (Å²) in [6.07, 6.45) is 4.15. The van der Waals surface area contributed by atoms with Gasteiger partial charge in [-0.25, -0.2) is 0 Å². The number of pyridine rings is 1. The van der Waals surface area contributed by atoms with Crippen LogP contribution in [0.3, 0.4) is 0 Å². The molecule has 3 aliphatic heterocycles. The van der Waals surface area contributed by atoms with Crippen molar-refractivity contribution in [2.75, 3.05) is 48.1 Å². The Bertz CT molecular complexity index is 1420. The Labute approximate surface area is 241 Å². The van der Waals surface area contributed by atoms with E-state index in [1.807, 2.05) is 24.4 Å². The highest BCUT2D eigenvalue weighted by Gasteiger charge is 2.42. The molecule has 0 bridgehead atoms. The van der Waals surface area contributed by atoms with Crippen LogP contribution in [0.5, 0.6) is 0 Å². The third-order valence-corrected chi connectivity index (χ3v) is 8.90. The summed E-state index contributed by atoms with van der Waals surface area (Å²) in [5, 5.41) is 4.95. The lowest BCUT2D eigenvalue weighted by molar-refractivity contribution is 0.122. The number of nitrogens with zero attached hydrogens (tertiary/aromatic N) is 4. The van der Waals surface area contributed by atoms with Gasteiger partial charge in [0, 0.05) is 54.0 Å². The third-order valence-electron chi connectivity index (χ3n) is 8.26. The minimum atomic E-state index is -0.174. The molecule has 6 nitrogen and oxygen atoms in total. The number of nitrogens with one attached hydrogen (secondary N) is 1. The van der Waals surface area contributed by atoms with Crippen LogP contribution in [0.2, 0.25) is 5.02 Å². The van der Waals surface area contributed by atoms with E-state index in [9.17, 15) is 0 Å². The zero-order chi connectivity index (χ0) is 27.3. The Balaban J connectivity index is 1.45. The average molecular weight is 560 g/mol. The average Bonchev–Trinajstić information content (AvgIpc) is 3.29. The van der Waals surface area contributed by atoms with Gasteiger partial charge in [-0.15, -0.1) is 0 Å². The lowest BCUT2D eigenvalue weighted by Gasteiger charge is -2.41. The number of thiocarbonyl (C=S) groups is 1. The van der Waals surface area contributed by atoms with E-state index >= 15 is 0 Å². The summed E-state index contributed by atoms with van der Waals surface area (Å²) < 4.78 is 5.53. The maximum absolute atomic E-state index is 7.14. The Hall–Kier alpha value is -3.13. The molecule has 3 aromatic rings. The maximum atomic E-state index is 7.14. The first-order chi connectivity index (χ1) is 18.7. The molecule has 2 aromatic carbocycles. The fraction of sp³-hybridized carbons (Fsp3) is 0.355. The Kier molecular flexibility index (Phi) is 6.78. The number of hydrogen-bond acceptors (Lipinski definition) is 5. The van der Waals surface area contributed by atoms with Crippen molar-refractivity contribution in [2.45, 2.75) is 38.4 Å². The Morgan fingerprint density at radius 3 is 2.46 bits per heavy atom. The van der Waals surface area contributed by atoms with Gasteiger partial charge >= 0.3 is 0 Å². The molecule has 2 atom stereocenters. The predicted octanol–water partition coefficient (Wildman–Crippen LogP) is 6.38. The molecular formula is C31H34ClN5OS. The number of anilines is 3. The van der Waals surface area contributed by atoms with E-state index in [2.05, 4.69) is 90.3 Å². The van der Waals surface area contributed by atoms with Crippen LogP contribution in [0.15, 0.2) is 66.9 Å². The van der Waals surface area contributed by atoms with E-state index in [1.165, 1.54) is 16.8 Å². The van der Waals surface area contributed by atoms with E-state index in [0.29, 0.717) is 5.11 Å². The second-order valence-electron chi connectivity index (χ2n) is 11.0. The number of hydrogen-bond donors (Lipinski definition) is 1. The highest BCUT2D eigenvalue weighted by atomic mass is 35.5. The second kappa shape index (κ2) is 10.1. The van der Waals surface area contributed by atoms with Crippen LogP contribution in [0.1, 0.15) is 49.7 Å². The van der Waals surface area contributed by atoms with Crippen LogP contribution in [0.25, 0.3) is 5.57 Å². The van der Waals surface area contributed by atoms with Crippen LogP contribution in [0.4, 0.5) is 17.1 Å². The molecule has 2 saturated heterocycles. The summed E-state index contributed by atoms with van der Waals surface area (Å²) in [6, 6.07) is 18.7. The van der Waals surface area contributed by atoms with Gasteiger partial charge in [0.25, 0.3) is 0 Å². The first-order valence-electron chi connectivity index (χ1n) is 13.4. The monoisotopic (exact) mass is 559 g/mol. The van der Waals surface area contributed by atoms with Gasteiger partial charge in [0.2, 0.25) is 0 Å². The molecule has 1 N–H and O–H groups in total. The normalized spacial score (nSPS) is 22.4. The van der Waals surface area contributed by atoms with Gasteiger partial charge in [0.1, 0.15) is 0 Å². The minimum Gasteiger partial charge on any atom is -0.378 e. The van der Waals surface area contributed by atoms with E-state index < -0.39 is 0 Å². The fourth-order valence-corrected chi connectivity index (χ4v) is 6.62. The van der Waals surface area contributed by atoms with Gasteiger partial charge in [0.15, 0.2) is 5.11 Å². The van der Waals surface area contributed by atoms with E-state index in [4.69, 9.17) is 33.5 Å². The van der Waals surface area contributed by atoms with Gasteiger partial charge in [-0.3, -0.25) is 4.98 Å². The second-order valence-corrected chi connectivity index (χ2v) is 11.8. The molecule has 0 saturated carbocycles. The van der Waals surface area contributed by atoms with Crippen molar-refractivity contribution in [3.05, 3.63) is 88.7 Å². The predicted molar refractivity (Wildman–Crippen MR) is 165 cm³/mol. The number of fused-ring (bicyclic) bond motifs is 1. The van der Waals surface area contributed by atoms with Gasteiger partial charge in [-0.1, -0.05) is 23.7 Å². The molecule has 0 radical (unpaired) electrons. The van der Waals surface area contributed by atoms with E-state index in [-0.39, 0.29) is 17.6 Å². The highest BCUT2D eigenvalue weighted by molar-refractivity contribution is 7.80. The van der Waals surface area contributed by atoms with Gasteiger partial charge in [0.05, 0.1) is 36.5 Å². The standard InChI is InChI=1S/C31H34ClN5OS/c1-20-19-31(2,3)35(4)27-18-25(32)24(17-23(20)27)29-28(26-7-5-6-12-33-26)34-30(39)37(29)22-10-8-21(9-11-22)36-13-15-38-16-14-36/h5-12,17-19,28-29H,13-16H2,1-4H3,(H,34,39)/t28-,29+/m1/s1. The van der Waals surface area contributed by atoms with Crippen molar-refractivity contribution in [1.29, 1.82) is 0 Å². The molecule has 2 fully saturated rings. The summed E-state index contributed by atoms with van der Waals surface area (Å²) in [4.78, 5) is 11.6. The molecule has 202 valence electrons. The van der Waals surface area contributed by atoms with Crippen molar-refractivity contribution in [3.8, 4) is 0 Å². The van der Waals surface area contributed by atoms with Crippen LogP contribution in [-0.2, 0) is 4.74 Å². The van der Waals surface area contributed by atoms with Crippen LogP contribution < -0.4 is 20.0 Å². The lowest BCUT2D eigenvalue weighted by atomic mass is 9.86. The number of halogens is 1. The third kappa shape index (κ3) is 4.66. The zero-order valence-corrected chi connectivity index (χ0v) is 24.4. The maximum Gasteiger partial charge on any atom is 0.174 e. The SMILES string of the molecule is CC1=CC(C)(C)N(C)c2cc(Cl)c([C@H]3[C@@H](c4ccccn4)NC(=S)N3c3ccc(N4CCOCC4)cc3)cc21. The highest BCUT2D eigenvalue weighted by Crippen LogP contribution is 2.48. The summed E-state index contributed by atoms with van der Waals surface area (Å²) in [5.41, 5.74) is 7.64. The quantitative estimate of drug-likeness (QED) is 0.372. The molecule has 39 heavy (non-hydrogen) atoms. The number of rotatable bonds is 4. The van der Waals surface area contributed by atoms with Crippen molar-refractivity contribution in [2.24, 2.45) is 0 Å².